The van der Waals surface area contributed by atoms with Gasteiger partial charge < -0.3 is 5.32 Å². The van der Waals surface area contributed by atoms with Gasteiger partial charge in [0.05, 0.1) is 28.9 Å². The van der Waals surface area contributed by atoms with Crippen molar-refractivity contribution in [3.8, 4) is 0 Å². The van der Waals surface area contributed by atoms with Gasteiger partial charge in [-0.25, -0.2) is 4.98 Å². The predicted octanol–water partition coefficient (Wildman–Crippen LogP) is 4.00. The van der Waals surface area contributed by atoms with Crippen molar-refractivity contribution in [1.29, 1.82) is 0 Å². The molecule has 2 aromatic rings. The molecule has 0 saturated carbocycles. The van der Waals surface area contributed by atoms with E-state index in [9.17, 15) is 18.0 Å². The Balaban J connectivity index is 1.96. The van der Waals surface area contributed by atoms with Crippen molar-refractivity contribution in [3.63, 3.8) is 0 Å². The van der Waals surface area contributed by atoms with Gasteiger partial charge in [-0.05, 0) is 36.1 Å². The second-order valence-electron chi connectivity index (χ2n) is 4.51. The fraction of sp³-hybridized carbons (Fsp3) is 0.200. The summed E-state index contributed by atoms with van der Waals surface area (Å²) >= 11 is 1.49. The monoisotopic (exact) mass is 326 g/mol. The second-order valence-corrected chi connectivity index (χ2v) is 5.34. The molecular weight excluding hydrogens is 313 g/mol. The summed E-state index contributed by atoms with van der Waals surface area (Å²) in [6.45, 7) is 0. The third kappa shape index (κ3) is 4.49. The van der Waals surface area contributed by atoms with Crippen molar-refractivity contribution in [1.82, 2.24) is 4.98 Å². The Morgan fingerprint density at radius 2 is 1.86 bits per heavy atom. The molecule has 0 unspecified atom stereocenters. The van der Waals surface area contributed by atoms with Crippen molar-refractivity contribution in [2.45, 2.75) is 17.6 Å². The zero-order valence-corrected chi connectivity index (χ0v) is 12.5. The summed E-state index contributed by atoms with van der Waals surface area (Å²) in [4.78, 5) is 16.0. The molecule has 3 nitrogen and oxygen atoms in total. The molecule has 0 saturated heterocycles. The SMILES string of the molecule is CSc1ccc(NC(=O)Cc2ccc(C(F)(F)F)cc2)cn1. The number of carbonyl (C=O) groups excluding carboxylic acids is 1. The number of nitrogens with zero attached hydrogens (tertiary/aromatic N) is 1. The highest BCUT2D eigenvalue weighted by molar-refractivity contribution is 7.98. The highest BCUT2D eigenvalue weighted by Crippen LogP contribution is 2.29. The predicted molar refractivity (Wildman–Crippen MR) is 79.8 cm³/mol. The molecule has 1 aromatic heterocycles. The molecule has 0 bridgehead atoms. The van der Waals surface area contributed by atoms with E-state index in [1.165, 1.54) is 30.1 Å². The molecule has 0 aliphatic heterocycles. The van der Waals surface area contributed by atoms with E-state index in [-0.39, 0.29) is 12.3 Å². The minimum absolute atomic E-state index is 0.00240. The van der Waals surface area contributed by atoms with Crippen molar-refractivity contribution < 1.29 is 18.0 Å². The van der Waals surface area contributed by atoms with Gasteiger partial charge in [0.1, 0.15) is 0 Å². The molecule has 1 N–H and O–H groups in total. The average molecular weight is 326 g/mol. The van der Waals surface area contributed by atoms with Crippen LogP contribution in [0.15, 0.2) is 47.6 Å². The van der Waals surface area contributed by atoms with E-state index < -0.39 is 11.7 Å². The minimum Gasteiger partial charge on any atom is -0.324 e. The summed E-state index contributed by atoms with van der Waals surface area (Å²) in [7, 11) is 0. The van der Waals surface area contributed by atoms with Crippen LogP contribution in [0.3, 0.4) is 0 Å². The van der Waals surface area contributed by atoms with Gasteiger partial charge in [0.25, 0.3) is 0 Å². The summed E-state index contributed by atoms with van der Waals surface area (Å²) < 4.78 is 37.3. The lowest BCUT2D eigenvalue weighted by molar-refractivity contribution is -0.137. The first-order valence-corrected chi connectivity index (χ1v) is 7.57. The van der Waals surface area contributed by atoms with E-state index >= 15 is 0 Å². The third-order valence-corrected chi connectivity index (χ3v) is 3.53. The maximum atomic E-state index is 12.4. The number of anilines is 1. The van der Waals surface area contributed by atoms with E-state index in [1.807, 2.05) is 6.26 Å². The van der Waals surface area contributed by atoms with Crippen LogP contribution in [0, 0.1) is 0 Å². The lowest BCUT2D eigenvalue weighted by atomic mass is 10.1. The number of benzene rings is 1. The lowest BCUT2D eigenvalue weighted by Gasteiger charge is -2.08. The molecule has 0 fully saturated rings. The highest BCUT2D eigenvalue weighted by atomic mass is 32.2. The number of nitrogens with one attached hydrogen (secondary N) is 1. The van der Waals surface area contributed by atoms with E-state index in [0.29, 0.717) is 11.3 Å². The largest absolute Gasteiger partial charge is 0.416 e. The number of aromatic nitrogens is 1. The van der Waals surface area contributed by atoms with Gasteiger partial charge in [-0.1, -0.05) is 12.1 Å². The number of pyridine rings is 1. The second kappa shape index (κ2) is 6.83. The first-order valence-electron chi connectivity index (χ1n) is 6.34. The van der Waals surface area contributed by atoms with Crippen molar-refractivity contribution >= 4 is 23.4 Å². The van der Waals surface area contributed by atoms with Crippen LogP contribution in [0.5, 0.6) is 0 Å². The first-order chi connectivity index (χ1) is 10.4. The normalized spacial score (nSPS) is 11.3. The summed E-state index contributed by atoms with van der Waals surface area (Å²) in [5.74, 6) is -0.307. The van der Waals surface area contributed by atoms with Crippen molar-refractivity contribution in [2.24, 2.45) is 0 Å². The fourth-order valence-corrected chi connectivity index (χ4v) is 2.14. The zero-order valence-electron chi connectivity index (χ0n) is 11.6. The van der Waals surface area contributed by atoms with Crippen LogP contribution in [0.1, 0.15) is 11.1 Å². The fourth-order valence-electron chi connectivity index (χ4n) is 1.78. The molecule has 1 heterocycles. The summed E-state index contributed by atoms with van der Waals surface area (Å²) in [5.41, 5.74) is 0.336. The van der Waals surface area contributed by atoms with Crippen LogP contribution in [-0.2, 0) is 17.4 Å². The Bertz CT molecular complexity index is 639. The Morgan fingerprint density at radius 3 is 2.36 bits per heavy atom. The zero-order chi connectivity index (χ0) is 16.2. The molecule has 0 aliphatic carbocycles. The topological polar surface area (TPSA) is 42.0 Å². The third-order valence-electron chi connectivity index (χ3n) is 2.88. The molecule has 116 valence electrons. The number of amides is 1. The first kappa shape index (κ1) is 16.4. The van der Waals surface area contributed by atoms with Crippen LogP contribution in [-0.4, -0.2) is 17.1 Å². The maximum absolute atomic E-state index is 12.4. The molecule has 22 heavy (non-hydrogen) atoms. The number of carbonyl (C=O) groups is 1. The van der Waals surface area contributed by atoms with Gasteiger partial charge in [-0.15, -0.1) is 11.8 Å². The summed E-state index contributed by atoms with van der Waals surface area (Å²) in [6, 6.07) is 8.05. The molecule has 7 heteroatoms. The smallest absolute Gasteiger partial charge is 0.324 e. The van der Waals surface area contributed by atoms with Crippen LogP contribution in [0.4, 0.5) is 18.9 Å². The van der Waals surface area contributed by atoms with Crippen molar-refractivity contribution in [3.05, 3.63) is 53.7 Å². The molecule has 2 rings (SSSR count). The quantitative estimate of drug-likeness (QED) is 0.864. The lowest BCUT2D eigenvalue weighted by Crippen LogP contribution is -2.14. The number of alkyl halides is 3. The van der Waals surface area contributed by atoms with Gasteiger partial charge in [0, 0.05) is 0 Å². The van der Waals surface area contributed by atoms with Crippen LogP contribution in [0.25, 0.3) is 0 Å². The Labute approximate surface area is 129 Å². The molecule has 0 atom stereocenters. The van der Waals surface area contributed by atoms with E-state index in [0.717, 1.165) is 17.2 Å². The maximum Gasteiger partial charge on any atom is 0.416 e. The van der Waals surface area contributed by atoms with E-state index in [4.69, 9.17) is 0 Å². The van der Waals surface area contributed by atoms with Crippen LogP contribution in [0.2, 0.25) is 0 Å². The molecule has 1 aromatic carbocycles. The molecule has 0 spiro atoms. The van der Waals surface area contributed by atoms with Gasteiger partial charge in [0.2, 0.25) is 5.91 Å². The van der Waals surface area contributed by atoms with Crippen LogP contribution < -0.4 is 5.32 Å². The summed E-state index contributed by atoms with van der Waals surface area (Å²) in [6.07, 6.45) is -0.935. The van der Waals surface area contributed by atoms with Gasteiger partial charge >= 0.3 is 6.18 Å². The summed E-state index contributed by atoms with van der Waals surface area (Å²) in [5, 5.41) is 3.49. The number of halogens is 3. The van der Waals surface area contributed by atoms with Gasteiger partial charge in [-0.2, -0.15) is 13.2 Å². The highest BCUT2D eigenvalue weighted by Gasteiger charge is 2.29. The van der Waals surface area contributed by atoms with Gasteiger partial charge in [0.15, 0.2) is 0 Å². The van der Waals surface area contributed by atoms with E-state index in [2.05, 4.69) is 10.3 Å². The Hall–Kier alpha value is -2.02. The molecule has 1 amide bonds. The Kier molecular flexibility index (Phi) is 5.07. The minimum atomic E-state index is -4.37. The van der Waals surface area contributed by atoms with Crippen LogP contribution >= 0.6 is 11.8 Å². The number of hydrogen-bond acceptors (Lipinski definition) is 3. The number of hydrogen-bond donors (Lipinski definition) is 1. The standard InChI is InChI=1S/C15H13F3N2OS/c1-22-14-7-6-12(9-19-14)20-13(21)8-10-2-4-11(5-3-10)15(16,17)18/h2-7,9H,8H2,1H3,(H,20,21). The number of rotatable bonds is 4. The van der Waals surface area contributed by atoms with E-state index in [1.54, 1.807) is 12.1 Å². The number of thioether (sulfide) groups is 1. The van der Waals surface area contributed by atoms with Gasteiger partial charge in [-0.3, -0.25) is 4.79 Å². The molecule has 0 radical (unpaired) electrons. The van der Waals surface area contributed by atoms with Crippen molar-refractivity contribution in [2.75, 3.05) is 11.6 Å². The average Bonchev–Trinajstić information content (AvgIpc) is 2.47. The Morgan fingerprint density at radius 1 is 1.18 bits per heavy atom. The molecular formula is C15H13F3N2OS. The molecule has 0 aliphatic rings.